The van der Waals surface area contributed by atoms with Gasteiger partial charge < -0.3 is 11.1 Å². The number of carbonyl (C=O) groups is 1. The number of amides is 1. The van der Waals surface area contributed by atoms with Gasteiger partial charge in [-0.05, 0) is 97.1 Å². The van der Waals surface area contributed by atoms with Crippen LogP contribution in [0, 0.1) is 10.8 Å². The number of nitrogens with one attached hydrogen (secondary N) is 1. The molecule has 4 fully saturated rings. The van der Waals surface area contributed by atoms with E-state index in [1.54, 1.807) is 0 Å². The molecule has 114 valence electrons. The summed E-state index contributed by atoms with van der Waals surface area (Å²) in [5.41, 5.74) is 6.94. The Balaban J connectivity index is 1.93. The lowest BCUT2D eigenvalue weighted by atomic mass is 9.40. The standard InChI is InChI=1S/C14H21Br3N2O/c1-10-3-11(2)5-12(18,4-10)8-13(6-10,7-11)19-9(20)14(15,16)17/h3-8,18H2,1-2H3,(H,19,20). The highest BCUT2D eigenvalue weighted by Crippen LogP contribution is 2.67. The van der Waals surface area contributed by atoms with Crippen molar-refractivity contribution in [2.24, 2.45) is 16.6 Å². The summed E-state index contributed by atoms with van der Waals surface area (Å²) in [6, 6.07) is 0. The number of hydrogen-bond donors (Lipinski definition) is 2. The van der Waals surface area contributed by atoms with Gasteiger partial charge in [0.1, 0.15) is 0 Å². The quantitative estimate of drug-likeness (QED) is 0.571. The molecule has 3 nitrogen and oxygen atoms in total. The summed E-state index contributed by atoms with van der Waals surface area (Å²) in [6.45, 7) is 4.68. The number of halogens is 3. The van der Waals surface area contributed by atoms with Crippen molar-refractivity contribution in [2.75, 3.05) is 0 Å². The van der Waals surface area contributed by atoms with Crippen molar-refractivity contribution in [3.05, 3.63) is 0 Å². The van der Waals surface area contributed by atoms with Crippen LogP contribution in [0.2, 0.25) is 0 Å². The van der Waals surface area contributed by atoms with Gasteiger partial charge in [-0.1, -0.05) is 13.8 Å². The zero-order valence-corrected chi connectivity index (χ0v) is 16.6. The maximum Gasteiger partial charge on any atom is 0.259 e. The molecule has 0 spiro atoms. The monoisotopic (exact) mass is 470 g/mol. The van der Waals surface area contributed by atoms with Crippen LogP contribution in [0.4, 0.5) is 0 Å². The Labute approximate surface area is 145 Å². The first-order valence-corrected chi connectivity index (χ1v) is 9.43. The highest BCUT2D eigenvalue weighted by molar-refractivity contribution is 9.40. The van der Waals surface area contributed by atoms with Crippen molar-refractivity contribution in [3.63, 3.8) is 0 Å². The molecule has 4 bridgehead atoms. The van der Waals surface area contributed by atoms with Crippen molar-refractivity contribution in [1.82, 2.24) is 5.32 Å². The topological polar surface area (TPSA) is 55.1 Å². The van der Waals surface area contributed by atoms with E-state index in [2.05, 4.69) is 67.0 Å². The Morgan fingerprint density at radius 2 is 1.50 bits per heavy atom. The van der Waals surface area contributed by atoms with Gasteiger partial charge in [0.05, 0.1) is 0 Å². The molecule has 0 aromatic carbocycles. The summed E-state index contributed by atoms with van der Waals surface area (Å²) in [4.78, 5) is 12.4. The van der Waals surface area contributed by atoms with E-state index in [1.165, 1.54) is 6.42 Å². The number of carbonyl (C=O) groups excluding carboxylic acids is 1. The van der Waals surface area contributed by atoms with Crippen LogP contribution in [0.15, 0.2) is 0 Å². The van der Waals surface area contributed by atoms with E-state index in [1.807, 2.05) is 0 Å². The molecule has 0 aromatic rings. The molecule has 0 aliphatic heterocycles. The van der Waals surface area contributed by atoms with E-state index in [4.69, 9.17) is 5.73 Å². The van der Waals surface area contributed by atoms with Crippen LogP contribution >= 0.6 is 47.8 Å². The van der Waals surface area contributed by atoms with Crippen LogP contribution in [0.3, 0.4) is 0 Å². The molecule has 1 amide bonds. The van der Waals surface area contributed by atoms with Crippen LogP contribution < -0.4 is 11.1 Å². The average Bonchev–Trinajstić information content (AvgIpc) is 2.05. The SMILES string of the molecule is CC12CC3(C)CC(N)(C1)CC(NC(=O)C(Br)(Br)Br)(C2)C3. The van der Waals surface area contributed by atoms with Gasteiger partial charge in [0.2, 0.25) is 2.14 Å². The van der Waals surface area contributed by atoms with E-state index in [9.17, 15) is 4.79 Å². The van der Waals surface area contributed by atoms with Crippen LogP contribution in [-0.2, 0) is 4.79 Å². The van der Waals surface area contributed by atoms with Crippen LogP contribution in [0.5, 0.6) is 0 Å². The third-order valence-corrected chi connectivity index (χ3v) is 6.35. The molecule has 4 aliphatic carbocycles. The maximum atomic E-state index is 12.4. The van der Waals surface area contributed by atoms with Gasteiger partial charge in [-0.15, -0.1) is 0 Å². The predicted molar refractivity (Wildman–Crippen MR) is 91.2 cm³/mol. The van der Waals surface area contributed by atoms with Crippen LogP contribution in [0.25, 0.3) is 0 Å². The van der Waals surface area contributed by atoms with Crippen molar-refractivity contribution in [1.29, 1.82) is 0 Å². The molecule has 3 N–H and O–H groups in total. The van der Waals surface area contributed by atoms with Crippen LogP contribution in [-0.4, -0.2) is 19.1 Å². The smallest absolute Gasteiger partial charge is 0.259 e. The molecule has 2 unspecified atom stereocenters. The van der Waals surface area contributed by atoms with Gasteiger partial charge in [-0.2, -0.15) is 0 Å². The van der Waals surface area contributed by atoms with Gasteiger partial charge >= 0.3 is 0 Å². The molecule has 20 heavy (non-hydrogen) atoms. The van der Waals surface area contributed by atoms with Crippen molar-refractivity contribution >= 4 is 53.7 Å². The number of nitrogens with two attached hydrogens (primary N) is 1. The largest absolute Gasteiger partial charge is 0.348 e. The van der Waals surface area contributed by atoms with Crippen molar-refractivity contribution < 1.29 is 4.79 Å². The fourth-order valence-corrected chi connectivity index (χ4v) is 6.53. The zero-order chi connectivity index (χ0) is 15.0. The molecule has 4 saturated carbocycles. The lowest BCUT2D eigenvalue weighted by Gasteiger charge is -2.68. The normalized spacial score (nSPS) is 50.3. The van der Waals surface area contributed by atoms with Crippen LogP contribution in [0.1, 0.15) is 52.4 Å². The second kappa shape index (κ2) is 4.24. The summed E-state index contributed by atoms with van der Waals surface area (Å²) in [5, 5.41) is 3.28. The van der Waals surface area contributed by atoms with Gasteiger partial charge in [-0.3, -0.25) is 4.79 Å². The Bertz CT molecular complexity index is 420. The van der Waals surface area contributed by atoms with Gasteiger partial charge in [0.15, 0.2) is 0 Å². The lowest BCUT2D eigenvalue weighted by Crippen LogP contribution is -2.73. The van der Waals surface area contributed by atoms with E-state index < -0.39 is 2.14 Å². The summed E-state index contributed by atoms with van der Waals surface area (Å²) >= 11 is 9.94. The molecule has 0 heterocycles. The fraction of sp³-hybridized carbons (Fsp3) is 0.929. The Morgan fingerprint density at radius 1 is 1.00 bits per heavy atom. The van der Waals surface area contributed by atoms with Crippen molar-refractivity contribution in [2.45, 2.75) is 65.6 Å². The third kappa shape index (κ3) is 2.63. The summed E-state index contributed by atoms with van der Waals surface area (Å²) < 4.78 is -0.889. The molecule has 0 radical (unpaired) electrons. The summed E-state index contributed by atoms with van der Waals surface area (Å²) in [7, 11) is 0. The minimum atomic E-state index is -0.889. The first kappa shape index (κ1) is 15.8. The van der Waals surface area contributed by atoms with E-state index in [0.717, 1.165) is 32.1 Å². The molecule has 4 aliphatic rings. The van der Waals surface area contributed by atoms with Gasteiger partial charge in [-0.25, -0.2) is 0 Å². The van der Waals surface area contributed by atoms with E-state index in [0.29, 0.717) is 0 Å². The van der Waals surface area contributed by atoms with Crippen molar-refractivity contribution in [3.8, 4) is 0 Å². The molecule has 4 rings (SSSR count). The minimum absolute atomic E-state index is 0.0738. The van der Waals surface area contributed by atoms with Gasteiger partial charge in [0, 0.05) is 11.1 Å². The number of alkyl halides is 3. The molecular formula is C14H21Br3N2O. The molecule has 6 heteroatoms. The second-order valence-electron chi connectivity index (χ2n) is 8.28. The molecule has 2 atom stereocenters. The third-order valence-electron chi connectivity index (χ3n) is 5.27. The van der Waals surface area contributed by atoms with E-state index in [-0.39, 0.29) is 27.8 Å². The van der Waals surface area contributed by atoms with E-state index >= 15 is 0 Å². The maximum absolute atomic E-state index is 12.4. The highest BCUT2D eigenvalue weighted by atomic mass is 80.0. The lowest BCUT2D eigenvalue weighted by molar-refractivity contribution is -0.143. The Hall–Kier alpha value is 0.870. The number of hydrogen-bond acceptors (Lipinski definition) is 2. The summed E-state index contributed by atoms with van der Waals surface area (Å²) in [6.07, 6.45) is 6.41. The first-order chi connectivity index (χ1) is 8.87. The van der Waals surface area contributed by atoms with Gasteiger partial charge in [0.25, 0.3) is 5.91 Å². The molecule has 0 aromatic heterocycles. The highest BCUT2D eigenvalue weighted by Gasteiger charge is 2.65. The average molecular weight is 473 g/mol. The zero-order valence-electron chi connectivity index (χ0n) is 11.9. The number of rotatable bonds is 1. The first-order valence-electron chi connectivity index (χ1n) is 7.05. The second-order valence-corrected chi connectivity index (χ2v) is 15.0. The summed E-state index contributed by atoms with van der Waals surface area (Å²) in [5.74, 6) is -0.0738. The Kier molecular flexibility index (Phi) is 3.34. The fourth-order valence-electron chi connectivity index (χ4n) is 6.23. The predicted octanol–water partition coefficient (Wildman–Crippen LogP) is 3.77. The molecular weight excluding hydrogens is 452 g/mol. The minimum Gasteiger partial charge on any atom is -0.348 e. The molecule has 0 saturated heterocycles. The Morgan fingerprint density at radius 3 is 1.90 bits per heavy atom.